The second-order valence-corrected chi connectivity index (χ2v) is 10.9. The van der Waals surface area contributed by atoms with Crippen molar-refractivity contribution in [2.75, 3.05) is 19.0 Å². The van der Waals surface area contributed by atoms with E-state index >= 15 is 0 Å². The lowest BCUT2D eigenvalue weighted by molar-refractivity contribution is 0.0602. The molecule has 2 amide bonds. The van der Waals surface area contributed by atoms with Gasteiger partial charge < -0.3 is 24.3 Å². The number of hydrogen-bond donors (Lipinski definition) is 1. The highest BCUT2D eigenvalue weighted by molar-refractivity contribution is 7.15. The monoisotopic (exact) mass is 541 g/mol. The number of thiophene rings is 1. The van der Waals surface area contributed by atoms with Gasteiger partial charge in [-0.25, -0.2) is 9.59 Å². The molecule has 0 spiro atoms. The Bertz CT molecular complexity index is 1520. The fraction of sp³-hybridized carbons (Fsp3) is 0.290. The summed E-state index contributed by atoms with van der Waals surface area (Å²) in [6.07, 6.45) is 6.59. The van der Waals surface area contributed by atoms with Gasteiger partial charge in [-0.1, -0.05) is 24.3 Å². The maximum atomic E-state index is 14.2. The third kappa shape index (κ3) is 4.59. The van der Waals surface area contributed by atoms with Gasteiger partial charge in [-0.2, -0.15) is 0 Å². The number of nitrogens with zero attached hydrogens (tertiary/aromatic N) is 2. The van der Waals surface area contributed by atoms with Gasteiger partial charge in [0.2, 0.25) is 0 Å². The smallest absolute Gasteiger partial charge is 0.339 e. The first-order valence-corrected chi connectivity index (χ1v) is 14.2. The van der Waals surface area contributed by atoms with Crippen molar-refractivity contribution in [3.8, 4) is 10.8 Å². The number of benzene rings is 2. The average Bonchev–Trinajstić information content (AvgIpc) is 3.55. The maximum Gasteiger partial charge on any atom is 0.339 e. The van der Waals surface area contributed by atoms with E-state index in [2.05, 4.69) is 22.1 Å². The topological polar surface area (TPSA) is 72.8 Å². The molecular weight excluding hydrogens is 510 g/mol. The van der Waals surface area contributed by atoms with Crippen molar-refractivity contribution < 1.29 is 19.1 Å². The predicted octanol–water partition coefficient (Wildman–Crippen LogP) is 6.74. The number of anilines is 1. The Morgan fingerprint density at radius 2 is 1.79 bits per heavy atom. The van der Waals surface area contributed by atoms with Gasteiger partial charge in [0.1, 0.15) is 10.8 Å². The molecule has 39 heavy (non-hydrogen) atoms. The van der Waals surface area contributed by atoms with Crippen LogP contribution in [0.5, 0.6) is 5.75 Å². The number of rotatable bonds is 5. The zero-order valence-electron chi connectivity index (χ0n) is 22.1. The lowest BCUT2D eigenvalue weighted by Crippen LogP contribution is -2.38. The van der Waals surface area contributed by atoms with E-state index in [1.54, 1.807) is 24.3 Å². The maximum absolute atomic E-state index is 14.2. The Kier molecular flexibility index (Phi) is 6.87. The predicted molar refractivity (Wildman–Crippen MR) is 152 cm³/mol. The molecule has 1 N–H and O–H groups in total. The Labute approximate surface area is 232 Å². The number of ether oxygens (including phenoxy) is 2. The van der Waals surface area contributed by atoms with E-state index in [-0.39, 0.29) is 12.1 Å². The first-order valence-electron chi connectivity index (χ1n) is 13.4. The van der Waals surface area contributed by atoms with Gasteiger partial charge in [0, 0.05) is 16.6 Å². The fourth-order valence-electron chi connectivity index (χ4n) is 5.72. The summed E-state index contributed by atoms with van der Waals surface area (Å²) in [5.74, 6) is 0.300. The van der Waals surface area contributed by atoms with Crippen LogP contribution in [-0.2, 0) is 24.1 Å². The third-order valence-corrected chi connectivity index (χ3v) is 8.85. The lowest BCUT2D eigenvalue weighted by Gasteiger charge is -2.31. The summed E-state index contributed by atoms with van der Waals surface area (Å²) in [4.78, 5) is 30.0. The molecule has 0 bridgehead atoms. The van der Waals surface area contributed by atoms with E-state index in [9.17, 15) is 9.59 Å². The normalized spacial score (nSPS) is 15.9. The molecule has 1 atom stereocenters. The number of hydrogen-bond acceptors (Lipinski definition) is 5. The van der Waals surface area contributed by atoms with Crippen LogP contribution in [0, 0.1) is 0 Å². The molecule has 0 fully saturated rings. The summed E-state index contributed by atoms with van der Waals surface area (Å²) in [6, 6.07) is 18.4. The van der Waals surface area contributed by atoms with Crippen molar-refractivity contribution in [1.29, 1.82) is 0 Å². The van der Waals surface area contributed by atoms with Gasteiger partial charge >= 0.3 is 12.0 Å². The van der Waals surface area contributed by atoms with Crippen molar-refractivity contribution >= 4 is 29.0 Å². The number of methoxy groups -OCH3 is 1. The second-order valence-electron chi connectivity index (χ2n) is 9.80. The summed E-state index contributed by atoms with van der Waals surface area (Å²) < 4.78 is 12.9. The van der Waals surface area contributed by atoms with Crippen molar-refractivity contribution in [1.82, 2.24) is 9.47 Å². The highest BCUT2D eigenvalue weighted by Gasteiger charge is 2.36. The molecule has 7 nitrogen and oxygen atoms in total. The molecule has 2 aromatic heterocycles. The summed E-state index contributed by atoms with van der Waals surface area (Å²) in [5.41, 5.74) is 5.36. The summed E-state index contributed by atoms with van der Waals surface area (Å²) in [6.45, 7) is 3.02. The first kappa shape index (κ1) is 25.2. The minimum atomic E-state index is -0.493. The molecule has 2 aliphatic rings. The number of carbonyl (C=O) groups is 2. The number of amides is 2. The standard InChI is InChI=1S/C31H31N3O4S/c1-3-38-21-16-14-20(15-17-21)28-26-12-8-18-33(26)29-24(22-9-5-7-13-27(22)39-29)19-34(28)31(36)32-25-11-6-4-10-23(25)30(35)37-2/h4,6,8,10-12,14-18,28H,3,5,7,9,13,19H2,1-2H3,(H,32,36)/t28-/m1/s1. The molecule has 8 heteroatoms. The molecule has 6 rings (SSSR count). The lowest BCUT2D eigenvalue weighted by atomic mass is 9.95. The second kappa shape index (κ2) is 10.6. The molecule has 1 aliphatic heterocycles. The minimum absolute atomic E-state index is 0.276. The molecule has 1 aliphatic carbocycles. The van der Waals surface area contributed by atoms with Crippen molar-refractivity contribution in [3.63, 3.8) is 0 Å². The van der Waals surface area contributed by atoms with E-state index in [0.29, 0.717) is 24.4 Å². The van der Waals surface area contributed by atoms with Crippen LogP contribution in [0.1, 0.15) is 63.4 Å². The highest BCUT2D eigenvalue weighted by atomic mass is 32.1. The summed E-state index contributed by atoms with van der Waals surface area (Å²) in [7, 11) is 1.34. The SMILES string of the molecule is CCOc1ccc([C@@H]2c3cccn3-c3sc4c(c3CN2C(=O)Nc2ccccc2C(=O)OC)CCCC4)cc1. The number of fused-ring (bicyclic) bond motifs is 5. The zero-order valence-corrected chi connectivity index (χ0v) is 22.9. The molecule has 200 valence electrons. The number of urea groups is 1. The Hall–Kier alpha value is -4.04. The first-order chi connectivity index (χ1) is 19.1. The Morgan fingerprint density at radius 3 is 2.59 bits per heavy atom. The molecule has 0 saturated carbocycles. The highest BCUT2D eigenvalue weighted by Crippen LogP contribution is 2.44. The van der Waals surface area contributed by atoms with E-state index in [4.69, 9.17) is 9.47 Å². The molecule has 2 aromatic carbocycles. The molecule has 0 unspecified atom stereocenters. The van der Waals surface area contributed by atoms with Crippen LogP contribution < -0.4 is 10.1 Å². The van der Waals surface area contributed by atoms with Crippen LogP contribution in [0.3, 0.4) is 0 Å². The molecule has 0 radical (unpaired) electrons. The van der Waals surface area contributed by atoms with Gasteiger partial charge in [-0.05, 0) is 80.1 Å². The number of carbonyl (C=O) groups excluding carboxylic acids is 2. The van der Waals surface area contributed by atoms with Crippen molar-refractivity contribution in [3.05, 3.63) is 99.7 Å². The Morgan fingerprint density at radius 1 is 1.00 bits per heavy atom. The van der Waals surface area contributed by atoms with Crippen LogP contribution in [0.4, 0.5) is 10.5 Å². The average molecular weight is 542 g/mol. The van der Waals surface area contributed by atoms with Gasteiger partial charge in [0.15, 0.2) is 0 Å². The summed E-state index contributed by atoms with van der Waals surface area (Å²) in [5, 5.41) is 4.23. The van der Waals surface area contributed by atoms with Gasteiger partial charge in [-0.3, -0.25) is 0 Å². The largest absolute Gasteiger partial charge is 0.494 e. The van der Waals surface area contributed by atoms with Crippen molar-refractivity contribution in [2.24, 2.45) is 0 Å². The summed E-state index contributed by atoms with van der Waals surface area (Å²) >= 11 is 1.86. The zero-order chi connectivity index (χ0) is 26.9. The van der Waals surface area contributed by atoms with E-state index in [1.807, 2.05) is 53.5 Å². The molecule has 3 heterocycles. The van der Waals surface area contributed by atoms with Gasteiger partial charge in [0.05, 0.1) is 43.2 Å². The number of nitrogens with one attached hydrogen (secondary N) is 1. The van der Waals surface area contributed by atoms with Crippen LogP contribution >= 0.6 is 11.3 Å². The molecule has 4 aromatic rings. The van der Waals surface area contributed by atoms with Crippen LogP contribution in [0.25, 0.3) is 5.00 Å². The third-order valence-electron chi connectivity index (χ3n) is 7.52. The molecular formula is C31H31N3O4S. The fourth-order valence-corrected chi connectivity index (χ4v) is 7.12. The number of para-hydroxylation sites is 1. The van der Waals surface area contributed by atoms with Crippen LogP contribution in [0.2, 0.25) is 0 Å². The van der Waals surface area contributed by atoms with Gasteiger partial charge in [0.25, 0.3) is 0 Å². The van der Waals surface area contributed by atoms with E-state index in [0.717, 1.165) is 36.3 Å². The van der Waals surface area contributed by atoms with Crippen molar-refractivity contribution in [2.45, 2.75) is 45.2 Å². The number of esters is 1. The van der Waals surface area contributed by atoms with E-state index in [1.165, 1.54) is 34.5 Å². The van der Waals surface area contributed by atoms with E-state index < -0.39 is 5.97 Å². The van der Waals surface area contributed by atoms with Crippen LogP contribution in [-0.4, -0.2) is 35.2 Å². The number of aryl methyl sites for hydroxylation is 1. The quantitative estimate of drug-likeness (QED) is 0.284. The van der Waals surface area contributed by atoms with Gasteiger partial charge in [-0.15, -0.1) is 11.3 Å². The Balaban J connectivity index is 1.47. The molecule has 0 saturated heterocycles. The van der Waals surface area contributed by atoms with Crippen LogP contribution in [0.15, 0.2) is 66.9 Å². The minimum Gasteiger partial charge on any atom is -0.494 e. The number of aromatic nitrogens is 1.